The summed E-state index contributed by atoms with van der Waals surface area (Å²) < 4.78 is 17.0. The molecule has 0 bridgehead atoms. The number of hydrogen-bond acceptors (Lipinski definition) is 6. The fourth-order valence-electron chi connectivity index (χ4n) is 4.38. The second-order valence-corrected chi connectivity index (χ2v) is 12.1. The highest BCUT2D eigenvalue weighted by atomic mass is 16.6. The molecule has 248 valence electrons. The minimum Gasteiger partial charge on any atom is -0.477 e. The first-order valence-corrected chi connectivity index (χ1v) is 16.5. The van der Waals surface area contributed by atoms with Crippen LogP contribution in [0.15, 0.2) is 36.5 Å². The summed E-state index contributed by atoms with van der Waals surface area (Å²) in [6, 6.07) is -0.620. The van der Waals surface area contributed by atoms with Crippen molar-refractivity contribution in [1.29, 1.82) is 0 Å². The third-order valence-electron chi connectivity index (χ3n) is 7.05. The van der Waals surface area contributed by atoms with Crippen LogP contribution in [0, 0.1) is 0 Å². The third kappa shape index (κ3) is 25.7. The van der Waals surface area contributed by atoms with E-state index in [1.807, 2.05) is 27.2 Å². The van der Waals surface area contributed by atoms with Crippen molar-refractivity contribution in [3.63, 3.8) is 0 Å². The first-order chi connectivity index (χ1) is 20.6. The SMILES string of the molecule is CCCC/C=C/C=C/CCCCCC(=O)OC(COCCC(C(=O)O)[N+](C)(C)C)COC(=O)CC/C=C/CCCCCC. The molecule has 0 fully saturated rings. The van der Waals surface area contributed by atoms with E-state index in [2.05, 4.69) is 44.2 Å². The number of unbranched alkanes of at least 4 members (excludes halogenated alkanes) is 9. The number of aliphatic carboxylic acids is 1. The summed E-state index contributed by atoms with van der Waals surface area (Å²) in [6.45, 7) is 4.52. The maximum Gasteiger partial charge on any atom is 0.362 e. The number of hydrogen-bond donors (Lipinski definition) is 1. The number of allylic oxidation sites excluding steroid dienone is 6. The summed E-state index contributed by atoms with van der Waals surface area (Å²) in [7, 11) is 5.48. The Balaban J connectivity index is 4.60. The number of ether oxygens (including phenoxy) is 3. The van der Waals surface area contributed by atoms with Crippen LogP contribution < -0.4 is 0 Å². The maximum absolute atomic E-state index is 12.5. The van der Waals surface area contributed by atoms with Crippen molar-refractivity contribution in [3.8, 4) is 0 Å². The summed E-state index contributed by atoms with van der Waals surface area (Å²) in [5.41, 5.74) is 0. The topological polar surface area (TPSA) is 99.1 Å². The van der Waals surface area contributed by atoms with E-state index in [9.17, 15) is 19.5 Å². The first-order valence-electron chi connectivity index (χ1n) is 16.5. The fraction of sp³-hybridized carbons (Fsp3) is 0.743. The molecule has 0 heterocycles. The number of nitrogens with zero attached hydrogens (tertiary/aromatic N) is 1. The van der Waals surface area contributed by atoms with Gasteiger partial charge in [0.05, 0.1) is 34.4 Å². The molecule has 1 N–H and O–H groups in total. The summed E-state index contributed by atoms with van der Waals surface area (Å²) >= 11 is 0. The Bertz CT molecular complexity index is 813. The summed E-state index contributed by atoms with van der Waals surface area (Å²) in [5, 5.41) is 9.53. The minimum atomic E-state index is -0.887. The Morgan fingerprint density at radius 3 is 1.93 bits per heavy atom. The van der Waals surface area contributed by atoms with Crippen LogP contribution >= 0.6 is 0 Å². The predicted octanol–water partition coefficient (Wildman–Crippen LogP) is 7.57. The quantitative estimate of drug-likeness (QED) is 0.0322. The molecular weight excluding hydrogens is 546 g/mol. The van der Waals surface area contributed by atoms with Crippen LogP contribution in [0.2, 0.25) is 0 Å². The molecule has 0 aliphatic rings. The number of likely N-dealkylation sites (N-methyl/N-ethyl adjacent to an activating group) is 1. The highest BCUT2D eigenvalue weighted by Crippen LogP contribution is 2.11. The Labute approximate surface area is 262 Å². The minimum absolute atomic E-state index is 0.0384. The standard InChI is InChI=1S/C35H61NO7/c1-6-8-10-12-14-16-17-18-20-22-24-26-34(38)43-31(29-41-28-27-32(35(39)40)36(3,4)5)30-42-33(37)25-23-21-19-15-13-11-9-7-2/h12,14,16-17,19,21,31-32H,6-11,13,15,18,20,22-30H2,1-5H3/p+1/b14-12+,17-16+,21-19+. The average molecular weight is 609 g/mol. The van der Waals surface area contributed by atoms with Gasteiger partial charge in [-0.1, -0.05) is 88.8 Å². The summed E-state index contributed by atoms with van der Waals surface area (Å²) in [5.74, 6) is -1.58. The molecule has 0 aliphatic carbocycles. The zero-order chi connectivity index (χ0) is 32.2. The average Bonchev–Trinajstić information content (AvgIpc) is 2.94. The predicted molar refractivity (Wildman–Crippen MR) is 174 cm³/mol. The van der Waals surface area contributed by atoms with E-state index >= 15 is 0 Å². The van der Waals surface area contributed by atoms with Gasteiger partial charge in [-0.2, -0.15) is 0 Å². The monoisotopic (exact) mass is 608 g/mol. The number of esters is 2. The van der Waals surface area contributed by atoms with E-state index in [0.29, 0.717) is 12.8 Å². The van der Waals surface area contributed by atoms with E-state index in [4.69, 9.17) is 14.2 Å². The van der Waals surface area contributed by atoms with Crippen LogP contribution in [0.3, 0.4) is 0 Å². The molecule has 0 aliphatic heterocycles. The number of carbonyl (C=O) groups is 3. The van der Waals surface area contributed by atoms with Crippen LogP contribution in [-0.2, 0) is 28.6 Å². The summed E-state index contributed by atoms with van der Waals surface area (Å²) in [6.07, 6.45) is 26.4. The van der Waals surface area contributed by atoms with Crippen molar-refractivity contribution < 1.29 is 38.2 Å². The van der Waals surface area contributed by atoms with Gasteiger partial charge >= 0.3 is 17.9 Å². The van der Waals surface area contributed by atoms with Crippen molar-refractivity contribution >= 4 is 17.9 Å². The van der Waals surface area contributed by atoms with E-state index < -0.39 is 18.1 Å². The lowest BCUT2D eigenvalue weighted by Gasteiger charge is -2.31. The van der Waals surface area contributed by atoms with Crippen molar-refractivity contribution in [3.05, 3.63) is 36.5 Å². The lowest BCUT2D eigenvalue weighted by Crippen LogP contribution is -2.50. The molecule has 2 atom stereocenters. The zero-order valence-corrected chi connectivity index (χ0v) is 27.9. The second-order valence-electron chi connectivity index (χ2n) is 12.1. The van der Waals surface area contributed by atoms with Crippen molar-refractivity contribution in [2.75, 3.05) is 41.0 Å². The van der Waals surface area contributed by atoms with Crippen molar-refractivity contribution in [2.24, 2.45) is 0 Å². The normalized spacial score (nSPS) is 13.6. The van der Waals surface area contributed by atoms with Crippen LogP contribution in [0.25, 0.3) is 0 Å². The van der Waals surface area contributed by atoms with Gasteiger partial charge in [-0.3, -0.25) is 9.59 Å². The molecule has 0 aromatic heterocycles. The molecule has 0 saturated heterocycles. The van der Waals surface area contributed by atoms with E-state index in [-0.39, 0.29) is 49.1 Å². The zero-order valence-electron chi connectivity index (χ0n) is 27.9. The van der Waals surface area contributed by atoms with E-state index in [1.165, 1.54) is 32.1 Å². The maximum atomic E-state index is 12.5. The lowest BCUT2D eigenvalue weighted by molar-refractivity contribution is -0.887. The molecule has 0 amide bonds. The Morgan fingerprint density at radius 1 is 0.698 bits per heavy atom. The first kappa shape index (κ1) is 40.5. The second kappa shape index (κ2) is 27.1. The smallest absolute Gasteiger partial charge is 0.362 e. The van der Waals surface area contributed by atoms with Gasteiger partial charge in [0.25, 0.3) is 0 Å². The van der Waals surface area contributed by atoms with E-state index in [1.54, 1.807) is 0 Å². The molecule has 0 aromatic rings. The molecular formula is C35H62NO7+. The fourth-order valence-corrected chi connectivity index (χ4v) is 4.38. The van der Waals surface area contributed by atoms with Crippen molar-refractivity contribution in [1.82, 2.24) is 0 Å². The highest BCUT2D eigenvalue weighted by Gasteiger charge is 2.31. The molecule has 0 radical (unpaired) electrons. The van der Waals surface area contributed by atoms with Gasteiger partial charge in [-0.25, -0.2) is 4.79 Å². The van der Waals surface area contributed by atoms with Crippen molar-refractivity contribution in [2.45, 2.75) is 129 Å². The molecule has 2 unspecified atom stereocenters. The number of carboxylic acid groups (broad SMARTS) is 1. The number of rotatable bonds is 28. The number of carbonyl (C=O) groups excluding carboxylic acids is 2. The van der Waals surface area contributed by atoms with Gasteiger partial charge in [0, 0.05) is 19.3 Å². The number of carboxylic acids is 1. The molecule has 8 nitrogen and oxygen atoms in total. The van der Waals surface area contributed by atoms with Crippen LogP contribution in [0.1, 0.15) is 117 Å². The molecule has 0 aromatic carbocycles. The molecule has 0 spiro atoms. The Hall–Kier alpha value is -2.45. The van der Waals surface area contributed by atoms with Gasteiger partial charge in [0.1, 0.15) is 6.61 Å². The summed E-state index contributed by atoms with van der Waals surface area (Å²) in [4.78, 5) is 36.4. The molecule has 43 heavy (non-hydrogen) atoms. The van der Waals surface area contributed by atoms with Crippen LogP contribution in [0.5, 0.6) is 0 Å². The van der Waals surface area contributed by atoms with Gasteiger partial charge in [0.2, 0.25) is 0 Å². The van der Waals surface area contributed by atoms with Gasteiger partial charge < -0.3 is 23.8 Å². The Morgan fingerprint density at radius 2 is 1.30 bits per heavy atom. The van der Waals surface area contributed by atoms with Crippen LogP contribution in [-0.4, -0.2) is 80.6 Å². The largest absolute Gasteiger partial charge is 0.477 e. The van der Waals surface area contributed by atoms with Gasteiger partial charge in [0.15, 0.2) is 12.1 Å². The van der Waals surface area contributed by atoms with Gasteiger partial charge in [-0.15, -0.1) is 0 Å². The highest BCUT2D eigenvalue weighted by molar-refractivity contribution is 5.72. The van der Waals surface area contributed by atoms with E-state index in [0.717, 1.165) is 44.9 Å². The Kier molecular flexibility index (Phi) is 25.6. The van der Waals surface area contributed by atoms with Gasteiger partial charge in [-0.05, 0) is 44.9 Å². The van der Waals surface area contributed by atoms with Crippen LogP contribution in [0.4, 0.5) is 0 Å². The number of quaternary nitrogens is 1. The third-order valence-corrected chi connectivity index (χ3v) is 7.05. The molecule has 0 rings (SSSR count). The lowest BCUT2D eigenvalue weighted by atomic mass is 10.1. The molecule has 8 heteroatoms. The molecule has 0 saturated carbocycles.